The van der Waals surface area contributed by atoms with Crippen LogP contribution in [0.5, 0.6) is 5.75 Å². The minimum atomic E-state index is -0.969. The summed E-state index contributed by atoms with van der Waals surface area (Å²) in [6.45, 7) is 1.10. The van der Waals surface area contributed by atoms with Crippen LogP contribution in [-0.4, -0.2) is 50.8 Å². The highest BCUT2D eigenvalue weighted by atomic mass is 19.1. The van der Waals surface area contributed by atoms with Crippen molar-refractivity contribution in [3.05, 3.63) is 29.8 Å². The second-order valence-electron chi connectivity index (χ2n) is 3.59. The summed E-state index contributed by atoms with van der Waals surface area (Å²) >= 11 is 0. The fraction of sp³-hybridized carbons (Fsp3) is 0.462. The molecule has 5 nitrogen and oxygen atoms in total. The van der Waals surface area contributed by atoms with Crippen molar-refractivity contribution in [3.63, 3.8) is 0 Å². The molecule has 0 saturated carbocycles. The Morgan fingerprint density at radius 1 is 1.00 bits per heavy atom. The zero-order valence-corrected chi connectivity index (χ0v) is 10.5. The van der Waals surface area contributed by atoms with E-state index < -0.39 is 12.6 Å². The number of carbonyl (C=O) groups is 1. The number of carboxylic acid groups (broad SMARTS) is 1. The van der Waals surface area contributed by atoms with E-state index in [1.807, 2.05) is 0 Å². The first-order valence-electron chi connectivity index (χ1n) is 5.91. The standard InChI is InChI=1S/C13H17FO5/c14-5-6-17-7-8-18-9-10-19-12-3-1-11(2-4-12)13(15)16/h1-4H,5-10H2,(H,15,16). The summed E-state index contributed by atoms with van der Waals surface area (Å²) in [4.78, 5) is 10.6. The molecule has 0 amide bonds. The Morgan fingerprint density at radius 2 is 1.58 bits per heavy atom. The van der Waals surface area contributed by atoms with E-state index >= 15 is 0 Å². The van der Waals surface area contributed by atoms with E-state index in [9.17, 15) is 9.18 Å². The summed E-state index contributed by atoms with van der Waals surface area (Å²) in [7, 11) is 0. The van der Waals surface area contributed by atoms with Crippen LogP contribution in [0.4, 0.5) is 4.39 Å². The molecular weight excluding hydrogens is 255 g/mol. The van der Waals surface area contributed by atoms with Gasteiger partial charge in [-0.1, -0.05) is 0 Å². The van der Waals surface area contributed by atoms with Gasteiger partial charge in [-0.2, -0.15) is 0 Å². The van der Waals surface area contributed by atoms with E-state index in [1.165, 1.54) is 12.1 Å². The lowest BCUT2D eigenvalue weighted by Crippen LogP contribution is -2.11. The monoisotopic (exact) mass is 272 g/mol. The Bertz CT molecular complexity index is 366. The molecule has 1 aromatic rings. The fourth-order valence-corrected chi connectivity index (χ4v) is 1.29. The maximum atomic E-state index is 11.7. The molecule has 0 atom stereocenters. The average Bonchev–Trinajstić information content (AvgIpc) is 2.42. The zero-order chi connectivity index (χ0) is 13.9. The third-order valence-corrected chi connectivity index (χ3v) is 2.19. The molecule has 19 heavy (non-hydrogen) atoms. The molecule has 1 rings (SSSR count). The second-order valence-corrected chi connectivity index (χ2v) is 3.59. The topological polar surface area (TPSA) is 65.0 Å². The van der Waals surface area contributed by atoms with Gasteiger partial charge < -0.3 is 19.3 Å². The molecule has 0 unspecified atom stereocenters. The van der Waals surface area contributed by atoms with Gasteiger partial charge in [0.1, 0.15) is 19.0 Å². The summed E-state index contributed by atoms with van der Waals surface area (Å²) in [5, 5.41) is 8.71. The number of hydrogen-bond donors (Lipinski definition) is 1. The second kappa shape index (κ2) is 9.29. The Kier molecular flexibility index (Phi) is 7.53. The summed E-state index contributed by atoms with van der Waals surface area (Å²) in [5.74, 6) is -0.384. The summed E-state index contributed by atoms with van der Waals surface area (Å²) in [6, 6.07) is 6.13. The first-order valence-corrected chi connectivity index (χ1v) is 5.91. The molecule has 0 heterocycles. The minimum absolute atomic E-state index is 0.0930. The van der Waals surface area contributed by atoms with Crippen molar-refractivity contribution in [2.75, 3.05) is 39.7 Å². The molecule has 0 bridgehead atoms. The number of aromatic carboxylic acids is 1. The molecule has 0 spiro atoms. The van der Waals surface area contributed by atoms with Gasteiger partial charge in [-0.15, -0.1) is 0 Å². The Hall–Kier alpha value is -1.66. The molecule has 0 aliphatic heterocycles. The first-order chi connectivity index (χ1) is 9.24. The largest absolute Gasteiger partial charge is 0.491 e. The molecule has 1 N–H and O–H groups in total. The molecular formula is C13H17FO5. The smallest absolute Gasteiger partial charge is 0.335 e. The van der Waals surface area contributed by atoms with Crippen molar-refractivity contribution in [1.82, 2.24) is 0 Å². The molecule has 0 aromatic heterocycles. The molecule has 6 heteroatoms. The number of ether oxygens (including phenoxy) is 3. The highest BCUT2D eigenvalue weighted by Gasteiger charge is 2.01. The van der Waals surface area contributed by atoms with Crippen molar-refractivity contribution >= 4 is 5.97 Å². The van der Waals surface area contributed by atoms with Gasteiger partial charge in [0.2, 0.25) is 0 Å². The van der Waals surface area contributed by atoms with Crippen LogP contribution in [0.25, 0.3) is 0 Å². The van der Waals surface area contributed by atoms with Gasteiger partial charge in [-0.05, 0) is 24.3 Å². The molecule has 0 aliphatic rings. The molecule has 106 valence electrons. The molecule has 0 fully saturated rings. The van der Waals surface area contributed by atoms with Crippen molar-refractivity contribution in [2.45, 2.75) is 0 Å². The Morgan fingerprint density at radius 3 is 2.16 bits per heavy atom. The quantitative estimate of drug-likeness (QED) is 0.657. The summed E-state index contributed by atoms with van der Waals surface area (Å²) < 4.78 is 27.1. The van der Waals surface area contributed by atoms with Crippen LogP contribution in [0.15, 0.2) is 24.3 Å². The lowest BCUT2D eigenvalue weighted by atomic mass is 10.2. The van der Waals surface area contributed by atoms with Crippen LogP contribution in [0.3, 0.4) is 0 Å². The van der Waals surface area contributed by atoms with E-state index in [4.69, 9.17) is 19.3 Å². The van der Waals surface area contributed by atoms with Crippen molar-refractivity contribution in [3.8, 4) is 5.75 Å². The van der Waals surface area contributed by atoms with Gasteiger partial charge in [0.05, 0.1) is 32.0 Å². The number of alkyl halides is 1. The maximum absolute atomic E-state index is 11.7. The zero-order valence-electron chi connectivity index (χ0n) is 10.5. The highest BCUT2D eigenvalue weighted by molar-refractivity contribution is 5.87. The van der Waals surface area contributed by atoms with E-state index in [2.05, 4.69) is 0 Å². The van der Waals surface area contributed by atoms with Crippen LogP contribution in [0.2, 0.25) is 0 Å². The number of carboxylic acids is 1. The third kappa shape index (κ3) is 6.73. The number of benzene rings is 1. The summed E-state index contributed by atoms with van der Waals surface area (Å²) in [5.41, 5.74) is 0.216. The lowest BCUT2D eigenvalue weighted by molar-refractivity contribution is 0.0325. The molecule has 0 saturated heterocycles. The van der Waals surface area contributed by atoms with Crippen molar-refractivity contribution in [1.29, 1.82) is 0 Å². The molecule has 0 radical (unpaired) electrons. The van der Waals surface area contributed by atoms with Crippen molar-refractivity contribution < 1.29 is 28.5 Å². The van der Waals surface area contributed by atoms with E-state index in [0.29, 0.717) is 32.2 Å². The normalized spacial score (nSPS) is 10.4. The first kappa shape index (κ1) is 15.4. The van der Waals surface area contributed by atoms with Gasteiger partial charge in [0.25, 0.3) is 0 Å². The highest BCUT2D eigenvalue weighted by Crippen LogP contribution is 2.11. The van der Waals surface area contributed by atoms with Crippen LogP contribution in [0.1, 0.15) is 10.4 Å². The van der Waals surface area contributed by atoms with Crippen LogP contribution < -0.4 is 4.74 Å². The van der Waals surface area contributed by atoms with Crippen LogP contribution in [0, 0.1) is 0 Å². The molecule has 1 aromatic carbocycles. The number of halogens is 1. The average molecular weight is 272 g/mol. The summed E-state index contributed by atoms with van der Waals surface area (Å²) in [6.07, 6.45) is 0. The van der Waals surface area contributed by atoms with Gasteiger partial charge in [0, 0.05) is 0 Å². The Labute approximate surface area is 110 Å². The maximum Gasteiger partial charge on any atom is 0.335 e. The van der Waals surface area contributed by atoms with E-state index in [-0.39, 0.29) is 12.2 Å². The lowest BCUT2D eigenvalue weighted by Gasteiger charge is -2.07. The minimum Gasteiger partial charge on any atom is -0.491 e. The molecule has 0 aliphatic carbocycles. The number of hydrogen-bond acceptors (Lipinski definition) is 4. The number of rotatable bonds is 10. The van der Waals surface area contributed by atoms with Gasteiger partial charge in [-0.3, -0.25) is 0 Å². The SMILES string of the molecule is O=C(O)c1ccc(OCCOCCOCCF)cc1. The van der Waals surface area contributed by atoms with Crippen LogP contribution in [-0.2, 0) is 9.47 Å². The van der Waals surface area contributed by atoms with Gasteiger partial charge in [-0.25, -0.2) is 9.18 Å². The predicted molar refractivity (Wildman–Crippen MR) is 66.5 cm³/mol. The van der Waals surface area contributed by atoms with Gasteiger partial charge in [0.15, 0.2) is 0 Å². The van der Waals surface area contributed by atoms with Crippen LogP contribution >= 0.6 is 0 Å². The van der Waals surface area contributed by atoms with E-state index in [1.54, 1.807) is 12.1 Å². The van der Waals surface area contributed by atoms with Gasteiger partial charge >= 0.3 is 5.97 Å². The Balaban J connectivity index is 2.07. The third-order valence-electron chi connectivity index (χ3n) is 2.19. The fourth-order valence-electron chi connectivity index (χ4n) is 1.29. The van der Waals surface area contributed by atoms with E-state index in [0.717, 1.165) is 0 Å². The predicted octanol–water partition coefficient (Wildman–Crippen LogP) is 1.77. The van der Waals surface area contributed by atoms with Crippen molar-refractivity contribution in [2.24, 2.45) is 0 Å².